The molecule has 2 N–H and O–H groups in total. The van der Waals surface area contributed by atoms with Crippen LogP contribution in [-0.2, 0) is 19.6 Å². The van der Waals surface area contributed by atoms with Crippen LogP contribution in [0.15, 0.2) is 43.2 Å². The maximum absolute atomic E-state index is 14.4. The molecule has 6 rings (SSSR count). The van der Waals surface area contributed by atoms with E-state index in [0.29, 0.717) is 53.8 Å². The van der Waals surface area contributed by atoms with Gasteiger partial charge in [-0.3, -0.25) is 0 Å². The number of carboxylic acid groups (broad SMARTS) is 1. The number of aromatic nitrogens is 7. The van der Waals surface area contributed by atoms with Crippen molar-refractivity contribution in [2.75, 3.05) is 0 Å². The zero-order chi connectivity index (χ0) is 24.1. The highest BCUT2D eigenvalue weighted by Crippen LogP contribution is 2.40. The Balaban J connectivity index is 1.14. The number of pyridine rings is 2. The maximum atomic E-state index is 14.4. The molecule has 0 unspecified atom stereocenters. The van der Waals surface area contributed by atoms with Crippen LogP contribution in [-0.4, -0.2) is 44.8 Å². The largest absolute Gasteiger partial charge is 0.478 e. The Morgan fingerprint density at radius 3 is 2.86 bits per heavy atom. The summed E-state index contributed by atoms with van der Waals surface area (Å²) >= 11 is 5.90. The molecular weight excluding hydrogens is 475 g/mol. The van der Waals surface area contributed by atoms with Crippen molar-refractivity contribution >= 4 is 28.7 Å². The third-order valence-corrected chi connectivity index (χ3v) is 6.37. The Bertz CT molecular complexity index is 1590. The van der Waals surface area contributed by atoms with Crippen molar-refractivity contribution < 1.29 is 14.3 Å². The van der Waals surface area contributed by atoms with Crippen molar-refractivity contribution in [3.05, 3.63) is 82.3 Å². The second kappa shape index (κ2) is 8.43. The van der Waals surface area contributed by atoms with Crippen LogP contribution >= 0.6 is 11.6 Å². The molecule has 1 fully saturated rings. The van der Waals surface area contributed by atoms with E-state index in [9.17, 15) is 14.3 Å². The van der Waals surface area contributed by atoms with E-state index in [1.54, 1.807) is 38.3 Å². The van der Waals surface area contributed by atoms with Gasteiger partial charge < -0.3 is 19.2 Å². The van der Waals surface area contributed by atoms with Crippen molar-refractivity contribution in [2.24, 2.45) is 0 Å². The van der Waals surface area contributed by atoms with Crippen LogP contribution in [0.2, 0.25) is 5.02 Å². The van der Waals surface area contributed by atoms with Gasteiger partial charge in [0.25, 0.3) is 0 Å². The molecule has 1 saturated carbocycles. The summed E-state index contributed by atoms with van der Waals surface area (Å²) in [6, 6.07) is 3.22. The Labute approximate surface area is 203 Å². The lowest BCUT2D eigenvalue weighted by Crippen LogP contribution is -2.13. The second-order valence-electron chi connectivity index (χ2n) is 8.67. The van der Waals surface area contributed by atoms with Gasteiger partial charge in [0.15, 0.2) is 11.5 Å². The normalized spacial score (nSPS) is 13.8. The van der Waals surface area contributed by atoms with Crippen molar-refractivity contribution in [3.63, 3.8) is 0 Å². The number of carboxylic acids is 1. The molecule has 0 spiro atoms. The SMILES string of the molecule is O=C(O)c1cc(C2CC2)cn2cc(Cn3cc(CNCc4ncn5ccc(Cl)c(F)c45)nn3)nc12. The second-order valence-corrected chi connectivity index (χ2v) is 9.07. The lowest BCUT2D eigenvalue weighted by molar-refractivity contribution is 0.0698. The van der Waals surface area contributed by atoms with Crippen molar-refractivity contribution in [3.8, 4) is 0 Å². The molecule has 178 valence electrons. The van der Waals surface area contributed by atoms with Gasteiger partial charge in [-0.05, 0) is 36.5 Å². The summed E-state index contributed by atoms with van der Waals surface area (Å²) in [4.78, 5) is 20.5. The Morgan fingerprint density at radius 2 is 2.06 bits per heavy atom. The van der Waals surface area contributed by atoms with Gasteiger partial charge in [-0.25, -0.2) is 23.8 Å². The van der Waals surface area contributed by atoms with Crippen molar-refractivity contribution in [1.82, 2.24) is 39.1 Å². The predicted molar refractivity (Wildman–Crippen MR) is 124 cm³/mol. The minimum atomic E-state index is -0.989. The average Bonchev–Trinajstić information content (AvgIpc) is 3.26. The lowest BCUT2D eigenvalue weighted by atomic mass is 10.1. The van der Waals surface area contributed by atoms with Crippen LogP contribution in [0, 0.1) is 5.82 Å². The molecule has 0 aliphatic heterocycles. The molecule has 0 bridgehead atoms. The molecule has 0 aromatic carbocycles. The van der Waals surface area contributed by atoms with E-state index < -0.39 is 11.8 Å². The van der Waals surface area contributed by atoms with Gasteiger partial charge in [0.05, 0.1) is 41.2 Å². The summed E-state index contributed by atoms with van der Waals surface area (Å²) in [5.41, 5.74) is 3.90. The van der Waals surface area contributed by atoms with Gasteiger partial charge in [0, 0.05) is 31.7 Å². The summed E-state index contributed by atoms with van der Waals surface area (Å²) in [7, 11) is 0. The quantitative estimate of drug-likeness (QED) is 0.340. The number of aromatic carboxylic acids is 1. The predicted octanol–water partition coefficient (Wildman–Crippen LogP) is 3.28. The van der Waals surface area contributed by atoms with Gasteiger partial charge in [0.1, 0.15) is 11.1 Å². The van der Waals surface area contributed by atoms with E-state index in [4.69, 9.17) is 11.6 Å². The molecule has 5 aromatic heterocycles. The van der Waals surface area contributed by atoms with Crippen LogP contribution in [0.4, 0.5) is 4.39 Å². The molecule has 5 heterocycles. The number of carbonyl (C=O) groups is 1. The van der Waals surface area contributed by atoms with Crippen LogP contribution in [0.25, 0.3) is 11.2 Å². The highest BCUT2D eigenvalue weighted by molar-refractivity contribution is 6.31. The van der Waals surface area contributed by atoms with E-state index in [-0.39, 0.29) is 10.6 Å². The van der Waals surface area contributed by atoms with Crippen LogP contribution < -0.4 is 5.32 Å². The van der Waals surface area contributed by atoms with Gasteiger partial charge in [-0.2, -0.15) is 0 Å². The monoisotopic (exact) mass is 494 g/mol. The topological polar surface area (TPSA) is 115 Å². The molecule has 5 aromatic rings. The molecule has 0 amide bonds. The number of imidazole rings is 2. The number of fused-ring (bicyclic) bond motifs is 2. The fraction of sp³-hybridized carbons (Fsp3) is 0.261. The first kappa shape index (κ1) is 21.7. The van der Waals surface area contributed by atoms with Gasteiger partial charge in [0.2, 0.25) is 0 Å². The Kier molecular flexibility index (Phi) is 5.23. The van der Waals surface area contributed by atoms with E-state index in [1.807, 2.05) is 12.4 Å². The van der Waals surface area contributed by atoms with Crippen molar-refractivity contribution in [2.45, 2.75) is 38.4 Å². The summed E-state index contributed by atoms with van der Waals surface area (Å²) in [6.07, 6.45) is 10.9. The highest BCUT2D eigenvalue weighted by atomic mass is 35.5. The number of hydrogen-bond acceptors (Lipinski definition) is 6. The minimum absolute atomic E-state index is 0.0494. The maximum Gasteiger partial charge on any atom is 0.339 e. The number of halogens is 2. The van der Waals surface area contributed by atoms with Gasteiger partial charge in [-0.1, -0.05) is 16.8 Å². The highest BCUT2D eigenvalue weighted by Gasteiger charge is 2.26. The molecule has 0 radical (unpaired) electrons. The first-order valence-corrected chi connectivity index (χ1v) is 11.5. The summed E-state index contributed by atoms with van der Waals surface area (Å²) < 4.78 is 19.4. The molecule has 10 nitrogen and oxygen atoms in total. The third-order valence-electron chi connectivity index (χ3n) is 6.08. The van der Waals surface area contributed by atoms with E-state index in [0.717, 1.165) is 18.4 Å². The lowest BCUT2D eigenvalue weighted by Gasteiger charge is -2.03. The number of hydrogen-bond donors (Lipinski definition) is 2. The summed E-state index contributed by atoms with van der Waals surface area (Å²) in [5, 5.41) is 21.2. The average molecular weight is 495 g/mol. The summed E-state index contributed by atoms with van der Waals surface area (Å²) in [6.45, 7) is 1.08. The fourth-order valence-electron chi connectivity index (χ4n) is 4.23. The molecular formula is C23H20ClFN8O2. The Hall–Kier alpha value is -3.83. The molecule has 0 saturated heterocycles. The zero-order valence-electron chi connectivity index (χ0n) is 18.4. The molecule has 1 aliphatic carbocycles. The van der Waals surface area contributed by atoms with E-state index in [1.165, 1.54) is 6.07 Å². The number of nitrogens with one attached hydrogen (secondary N) is 1. The van der Waals surface area contributed by atoms with Crippen LogP contribution in [0.5, 0.6) is 0 Å². The van der Waals surface area contributed by atoms with Crippen molar-refractivity contribution in [1.29, 1.82) is 0 Å². The third kappa shape index (κ3) is 4.13. The first-order chi connectivity index (χ1) is 17.0. The molecule has 1 aliphatic rings. The molecule has 35 heavy (non-hydrogen) atoms. The smallest absolute Gasteiger partial charge is 0.339 e. The van der Waals surface area contributed by atoms with Gasteiger partial charge >= 0.3 is 5.97 Å². The van der Waals surface area contributed by atoms with Gasteiger partial charge in [-0.15, -0.1) is 5.10 Å². The standard InChI is InChI=1S/C23H20ClFN8O2/c24-18-3-4-31-12-27-19(21(31)20(18)25)7-26-6-15-10-33(30-29-15)11-16-9-32-8-14(13-1-2-13)5-17(23(34)35)22(32)28-16/h3-5,8-10,12-13,26H,1-2,6-7,11H2,(H,34,35). The minimum Gasteiger partial charge on any atom is -0.478 e. The van der Waals surface area contributed by atoms with Crippen LogP contribution in [0.3, 0.4) is 0 Å². The Morgan fingerprint density at radius 1 is 1.20 bits per heavy atom. The first-order valence-electron chi connectivity index (χ1n) is 11.1. The van der Waals surface area contributed by atoms with E-state index in [2.05, 4.69) is 25.6 Å². The molecule has 0 atom stereocenters. The molecule has 12 heteroatoms. The zero-order valence-corrected chi connectivity index (χ0v) is 19.2. The summed E-state index contributed by atoms with van der Waals surface area (Å²) in [5.74, 6) is -1.06. The van der Waals surface area contributed by atoms with E-state index >= 15 is 0 Å². The number of nitrogens with zero attached hydrogens (tertiary/aromatic N) is 7. The van der Waals surface area contributed by atoms with Crippen LogP contribution in [0.1, 0.15) is 51.8 Å². The fourth-order valence-corrected chi connectivity index (χ4v) is 4.38. The number of rotatable bonds is 8.